The zero-order chi connectivity index (χ0) is 14.4. The van der Waals surface area contributed by atoms with Crippen LogP contribution >= 0.6 is 0 Å². The van der Waals surface area contributed by atoms with Gasteiger partial charge in [0.05, 0.1) is 17.6 Å². The van der Waals surface area contributed by atoms with Gasteiger partial charge in [-0.3, -0.25) is 14.9 Å². The maximum absolute atomic E-state index is 13.3. The normalized spacial score (nSPS) is 10.1. The molecule has 0 bridgehead atoms. The second kappa shape index (κ2) is 6.59. The van der Waals surface area contributed by atoms with Crippen molar-refractivity contribution in [2.45, 2.75) is 0 Å². The number of halogens is 2. The van der Waals surface area contributed by atoms with Gasteiger partial charge in [-0.1, -0.05) is 0 Å². The molecule has 0 spiro atoms. The summed E-state index contributed by atoms with van der Waals surface area (Å²) in [7, 11) is 0. The van der Waals surface area contributed by atoms with E-state index in [1.807, 2.05) is 0 Å². The van der Waals surface area contributed by atoms with Gasteiger partial charge in [-0.25, -0.2) is 4.39 Å². The van der Waals surface area contributed by atoms with Crippen LogP contribution in [0, 0.1) is 21.7 Å². The molecule has 7 nitrogen and oxygen atoms in total. The summed E-state index contributed by atoms with van der Waals surface area (Å²) in [6.45, 7) is -0.875. The molecule has 1 amide bonds. The quantitative estimate of drug-likeness (QED) is 0.577. The van der Waals surface area contributed by atoms with Crippen LogP contribution in [0.25, 0.3) is 0 Å². The van der Waals surface area contributed by atoms with Crippen molar-refractivity contribution >= 4 is 11.6 Å². The van der Waals surface area contributed by atoms with Crippen LogP contribution in [0.3, 0.4) is 0 Å². The second-order valence-corrected chi connectivity index (χ2v) is 3.35. The van der Waals surface area contributed by atoms with E-state index >= 15 is 0 Å². The first-order chi connectivity index (χ1) is 8.95. The third-order valence-corrected chi connectivity index (χ3v) is 1.99. The first-order valence-electron chi connectivity index (χ1n) is 5.09. The molecule has 1 rings (SSSR count). The number of aliphatic hydroxyl groups is 1. The molecule has 0 saturated carbocycles. The van der Waals surface area contributed by atoms with Crippen molar-refractivity contribution < 1.29 is 28.3 Å². The Morgan fingerprint density at radius 1 is 1.42 bits per heavy atom. The summed E-state index contributed by atoms with van der Waals surface area (Å²) < 4.78 is 31.2. The number of nitro groups is 1. The van der Waals surface area contributed by atoms with E-state index in [1.165, 1.54) is 0 Å². The Hall–Kier alpha value is -2.29. The van der Waals surface area contributed by atoms with Gasteiger partial charge in [-0.15, -0.1) is 0 Å². The molecule has 0 heterocycles. The second-order valence-electron chi connectivity index (χ2n) is 3.35. The number of rotatable bonds is 6. The van der Waals surface area contributed by atoms with Gasteiger partial charge < -0.3 is 15.2 Å². The Morgan fingerprint density at radius 3 is 2.68 bits per heavy atom. The molecule has 0 saturated heterocycles. The minimum absolute atomic E-state index is 0.000696. The lowest BCUT2D eigenvalue weighted by Crippen LogP contribution is -2.31. The van der Waals surface area contributed by atoms with E-state index in [-0.39, 0.29) is 13.2 Å². The summed E-state index contributed by atoms with van der Waals surface area (Å²) in [6.07, 6.45) is 0. The van der Waals surface area contributed by atoms with E-state index in [0.29, 0.717) is 12.1 Å². The first kappa shape index (κ1) is 14.8. The van der Waals surface area contributed by atoms with E-state index in [4.69, 9.17) is 5.11 Å². The molecule has 1 aromatic carbocycles. The summed E-state index contributed by atoms with van der Waals surface area (Å²) in [5, 5.41) is 21.0. The number of amides is 1. The number of carbonyl (C=O) groups is 1. The number of nitro benzene ring substituents is 1. The van der Waals surface area contributed by atoms with Gasteiger partial charge in [-0.2, -0.15) is 4.39 Å². The lowest BCUT2D eigenvalue weighted by Gasteiger charge is -2.07. The zero-order valence-electron chi connectivity index (χ0n) is 9.56. The number of ether oxygens (including phenoxy) is 1. The van der Waals surface area contributed by atoms with Crippen LogP contribution in [0.2, 0.25) is 0 Å². The molecule has 0 unspecified atom stereocenters. The van der Waals surface area contributed by atoms with Gasteiger partial charge in [0.1, 0.15) is 0 Å². The highest BCUT2D eigenvalue weighted by molar-refractivity contribution is 5.77. The SMILES string of the molecule is O=C(COc1cc(F)c([N+](=O)[O-])cc1F)NCCO. The van der Waals surface area contributed by atoms with Crippen LogP contribution in [0.1, 0.15) is 0 Å². The third-order valence-electron chi connectivity index (χ3n) is 1.99. The number of carbonyl (C=O) groups excluding carboxylic acids is 1. The number of hydrogen-bond acceptors (Lipinski definition) is 5. The average Bonchev–Trinajstić information content (AvgIpc) is 2.36. The van der Waals surface area contributed by atoms with Gasteiger partial charge in [-0.05, 0) is 0 Å². The maximum Gasteiger partial charge on any atom is 0.307 e. The molecule has 0 aliphatic carbocycles. The lowest BCUT2D eigenvalue weighted by atomic mass is 10.3. The van der Waals surface area contributed by atoms with Crippen LogP contribution < -0.4 is 10.1 Å². The fourth-order valence-corrected chi connectivity index (χ4v) is 1.16. The first-order valence-corrected chi connectivity index (χ1v) is 5.09. The molecule has 19 heavy (non-hydrogen) atoms. The van der Waals surface area contributed by atoms with Gasteiger partial charge in [0, 0.05) is 12.6 Å². The van der Waals surface area contributed by atoms with Crippen LogP contribution in [0.5, 0.6) is 5.75 Å². The molecule has 2 N–H and O–H groups in total. The van der Waals surface area contributed by atoms with Crippen LogP contribution in [-0.2, 0) is 4.79 Å². The summed E-state index contributed by atoms with van der Waals surface area (Å²) in [4.78, 5) is 20.3. The standard InChI is InChI=1S/C10H10F2N2O5/c11-6-4-9(7(12)3-8(6)14(17)18)19-5-10(16)13-1-2-15/h3-4,15H,1-2,5H2,(H,13,16). The highest BCUT2D eigenvalue weighted by atomic mass is 19.1. The maximum atomic E-state index is 13.3. The van der Waals surface area contributed by atoms with E-state index < -0.39 is 40.5 Å². The molecule has 0 fully saturated rings. The van der Waals surface area contributed by atoms with Crippen LogP contribution in [0.15, 0.2) is 12.1 Å². The van der Waals surface area contributed by atoms with Gasteiger partial charge >= 0.3 is 5.69 Å². The third kappa shape index (κ3) is 4.14. The summed E-state index contributed by atoms with van der Waals surface area (Å²) >= 11 is 0. The van der Waals surface area contributed by atoms with Crippen molar-refractivity contribution in [3.63, 3.8) is 0 Å². The molecular weight excluding hydrogens is 266 g/mol. The predicted octanol–water partition coefficient (Wildman–Crippen LogP) is 0.360. The highest BCUT2D eigenvalue weighted by Crippen LogP contribution is 2.26. The van der Waals surface area contributed by atoms with Crippen LogP contribution in [0.4, 0.5) is 14.5 Å². The van der Waals surface area contributed by atoms with Gasteiger partial charge in [0.25, 0.3) is 5.91 Å². The molecule has 0 aliphatic rings. The number of benzene rings is 1. The molecule has 9 heteroatoms. The Balaban J connectivity index is 2.72. The predicted molar refractivity (Wildman–Crippen MR) is 58.6 cm³/mol. The zero-order valence-corrected chi connectivity index (χ0v) is 9.56. The van der Waals surface area contributed by atoms with Crippen molar-refractivity contribution in [2.75, 3.05) is 19.8 Å². The Bertz CT molecular complexity index is 495. The molecule has 0 aliphatic heterocycles. The minimum Gasteiger partial charge on any atom is -0.481 e. The van der Waals surface area contributed by atoms with E-state index in [1.54, 1.807) is 0 Å². The van der Waals surface area contributed by atoms with Crippen molar-refractivity contribution in [2.24, 2.45) is 0 Å². The number of aliphatic hydroxyl groups excluding tert-OH is 1. The molecule has 0 radical (unpaired) electrons. The molecule has 0 aromatic heterocycles. The van der Waals surface area contributed by atoms with E-state index in [2.05, 4.69) is 10.1 Å². The summed E-state index contributed by atoms with van der Waals surface area (Å²) in [5.41, 5.74) is -1.02. The van der Waals surface area contributed by atoms with Crippen molar-refractivity contribution in [3.8, 4) is 5.75 Å². The van der Waals surface area contributed by atoms with Crippen molar-refractivity contribution in [1.29, 1.82) is 0 Å². The molecule has 0 atom stereocenters. The largest absolute Gasteiger partial charge is 0.481 e. The number of nitrogens with zero attached hydrogens (tertiary/aromatic N) is 1. The van der Waals surface area contributed by atoms with Crippen LogP contribution in [-0.4, -0.2) is 35.7 Å². The minimum atomic E-state index is -1.27. The van der Waals surface area contributed by atoms with Gasteiger partial charge in [0.15, 0.2) is 18.2 Å². The lowest BCUT2D eigenvalue weighted by molar-refractivity contribution is -0.387. The number of nitrogens with one attached hydrogen (secondary N) is 1. The van der Waals surface area contributed by atoms with E-state index in [0.717, 1.165) is 0 Å². The molecular formula is C10H10F2N2O5. The fraction of sp³-hybridized carbons (Fsp3) is 0.300. The fourth-order valence-electron chi connectivity index (χ4n) is 1.16. The molecule has 1 aromatic rings. The van der Waals surface area contributed by atoms with Gasteiger partial charge in [0.2, 0.25) is 5.82 Å². The summed E-state index contributed by atoms with van der Waals surface area (Å²) in [6, 6.07) is 0.864. The molecule has 104 valence electrons. The number of hydrogen-bond donors (Lipinski definition) is 2. The highest BCUT2D eigenvalue weighted by Gasteiger charge is 2.19. The topological polar surface area (TPSA) is 102 Å². The monoisotopic (exact) mass is 276 g/mol. The smallest absolute Gasteiger partial charge is 0.307 e. The van der Waals surface area contributed by atoms with E-state index in [9.17, 15) is 23.7 Å². The van der Waals surface area contributed by atoms with Crippen molar-refractivity contribution in [1.82, 2.24) is 5.32 Å². The Labute approximate surface area is 105 Å². The average molecular weight is 276 g/mol. The summed E-state index contributed by atoms with van der Waals surface area (Å²) in [5.74, 6) is -3.67. The Morgan fingerprint density at radius 2 is 2.11 bits per heavy atom. The Kier molecular flexibility index (Phi) is 5.12. The van der Waals surface area contributed by atoms with Crippen molar-refractivity contribution in [3.05, 3.63) is 33.9 Å².